The number of carboxylic acid groups (broad SMARTS) is 1. The molecule has 0 heterocycles. The largest absolute Gasteiger partial charge is 0.497 e. The highest BCUT2D eigenvalue weighted by atomic mass is 32.2. The SMILES string of the molecule is COc1cccc(C(CSC)C(=O)O)c1. The summed E-state index contributed by atoms with van der Waals surface area (Å²) < 4.78 is 5.06. The minimum atomic E-state index is -0.794. The first-order valence-corrected chi connectivity index (χ1v) is 5.94. The fraction of sp³-hybridized carbons (Fsp3) is 0.364. The minimum absolute atomic E-state index is 0.463. The smallest absolute Gasteiger partial charge is 0.311 e. The van der Waals surface area contributed by atoms with Crippen molar-refractivity contribution < 1.29 is 14.6 Å². The molecule has 0 aliphatic heterocycles. The molecule has 4 heteroatoms. The van der Waals surface area contributed by atoms with Crippen molar-refractivity contribution in [1.29, 1.82) is 0 Å². The Morgan fingerprint density at radius 3 is 2.87 bits per heavy atom. The molecule has 1 atom stereocenters. The Hall–Kier alpha value is -1.16. The summed E-state index contributed by atoms with van der Waals surface area (Å²) in [5, 5.41) is 9.07. The van der Waals surface area contributed by atoms with Crippen molar-refractivity contribution in [3.8, 4) is 5.75 Å². The van der Waals surface area contributed by atoms with Gasteiger partial charge in [-0.05, 0) is 24.0 Å². The normalized spacial score (nSPS) is 12.1. The monoisotopic (exact) mass is 226 g/mol. The minimum Gasteiger partial charge on any atom is -0.497 e. The molecule has 0 aromatic heterocycles. The van der Waals surface area contributed by atoms with Crippen molar-refractivity contribution in [2.75, 3.05) is 19.1 Å². The highest BCUT2D eigenvalue weighted by Crippen LogP contribution is 2.23. The maximum atomic E-state index is 11.0. The maximum absolute atomic E-state index is 11.0. The Balaban J connectivity index is 2.94. The summed E-state index contributed by atoms with van der Waals surface area (Å²) in [5.74, 6) is 0.00948. The third-order valence-electron chi connectivity index (χ3n) is 2.13. The summed E-state index contributed by atoms with van der Waals surface area (Å²) in [6.45, 7) is 0. The average Bonchev–Trinajstić information content (AvgIpc) is 2.25. The van der Waals surface area contributed by atoms with Gasteiger partial charge >= 0.3 is 5.97 Å². The van der Waals surface area contributed by atoms with Crippen molar-refractivity contribution >= 4 is 17.7 Å². The quantitative estimate of drug-likeness (QED) is 0.836. The highest BCUT2D eigenvalue weighted by Gasteiger charge is 2.19. The number of aliphatic carboxylic acids is 1. The van der Waals surface area contributed by atoms with Crippen LogP contribution in [0.3, 0.4) is 0 Å². The van der Waals surface area contributed by atoms with Gasteiger partial charge in [0.1, 0.15) is 5.75 Å². The first kappa shape index (κ1) is 11.9. The second-order valence-electron chi connectivity index (χ2n) is 3.12. The number of rotatable bonds is 5. The number of thioether (sulfide) groups is 1. The van der Waals surface area contributed by atoms with E-state index in [1.54, 1.807) is 13.2 Å². The number of carbonyl (C=O) groups is 1. The van der Waals surface area contributed by atoms with E-state index >= 15 is 0 Å². The molecule has 1 N–H and O–H groups in total. The molecule has 0 saturated carbocycles. The number of hydrogen-bond acceptors (Lipinski definition) is 3. The summed E-state index contributed by atoms with van der Waals surface area (Å²) >= 11 is 1.52. The van der Waals surface area contributed by atoms with Gasteiger partial charge in [-0.25, -0.2) is 0 Å². The molecule has 1 unspecified atom stereocenters. The van der Waals surface area contributed by atoms with Crippen molar-refractivity contribution in [2.45, 2.75) is 5.92 Å². The highest BCUT2D eigenvalue weighted by molar-refractivity contribution is 7.98. The molecule has 1 rings (SSSR count). The van der Waals surface area contributed by atoms with Gasteiger partial charge in [0.25, 0.3) is 0 Å². The third kappa shape index (κ3) is 3.16. The van der Waals surface area contributed by atoms with Crippen LogP contribution in [-0.2, 0) is 4.79 Å². The third-order valence-corrected chi connectivity index (χ3v) is 2.79. The van der Waals surface area contributed by atoms with Gasteiger partial charge in [0.2, 0.25) is 0 Å². The topological polar surface area (TPSA) is 46.5 Å². The van der Waals surface area contributed by atoms with Crippen LogP contribution in [0.25, 0.3) is 0 Å². The number of ether oxygens (including phenoxy) is 1. The predicted molar refractivity (Wildman–Crippen MR) is 61.8 cm³/mol. The Bertz CT molecular complexity index is 338. The van der Waals surface area contributed by atoms with E-state index in [2.05, 4.69) is 0 Å². The Kier molecular flexibility index (Phi) is 4.49. The molecule has 3 nitrogen and oxygen atoms in total. The van der Waals surface area contributed by atoms with Gasteiger partial charge in [0, 0.05) is 5.75 Å². The molecule has 0 bridgehead atoms. The van der Waals surface area contributed by atoms with Crippen LogP contribution in [0, 0.1) is 0 Å². The van der Waals surface area contributed by atoms with E-state index in [-0.39, 0.29) is 0 Å². The van der Waals surface area contributed by atoms with Gasteiger partial charge in [-0.1, -0.05) is 12.1 Å². The molecule has 0 aliphatic rings. The second-order valence-corrected chi connectivity index (χ2v) is 4.03. The van der Waals surface area contributed by atoms with Crippen LogP contribution in [0.1, 0.15) is 11.5 Å². The molecule has 0 saturated heterocycles. The lowest BCUT2D eigenvalue weighted by atomic mass is 10.0. The van der Waals surface area contributed by atoms with Crippen molar-refractivity contribution in [3.05, 3.63) is 29.8 Å². The van der Waals surface area contributed by atoms with Gasteiger partial charge in [0.15, 0.2) is 0 Å². The van der Waals surface area contributed by atoms with E-state index in [0.29, 0.717) is 11.5 Å². The zero-order valence-electron chi connectivity index (χ0n) is 8.77. The van der Waals surface area contributed by atoms with E-state index in [1.807, 2.05) is 24.5 Å². The van der Waals surface area contributed by atoms with E-state index < -0.39 is 11.9 Å². The number of benzene rings is 1. The van der Waals surface area contributed by atoms with Crippen LogP contribution in [0.4, 0.5) is 0 Å². The van der Waals surface area contributed by atoms with Crippen LogP contribution >= 0.6 is 11.8 Å². The van der Waals surface area contributed by atoms with Gasteiger partial charge in [-0.15, -0.1) is 0 Å². The lowest BCUT2D eigenvalue weighted by molar-refractivity contribution is -0.138. The fourth-order valence-electron chi connectivity index (χ4n) is 1.34. The molecule has 0 fully saturated rings. The summed E-state index contributed by atoms with van der Waals surface area (Å²) in [5.41, 5.74) is 0.788. The van der Waals surface area contributed by atoms with Gasteiger partial charge in [0.05, 0.1) is 13.0 Å². The molecule has 1 aromatic carbocycles. The summed E-state index contributed by atoms with van der Waals surface area (Å²) in [6, 6.07) is 7.21. The Labute approximate surface area is 93.4 Å². The van der Waals surface area contributed by atoms with E-state index in [9.17, 15) is 4.79 Å². The van der Waals surface area contributed by atoms with Crippen LogP contribution in [0.15, 0.2) is 24.3 Å². The van der Waals surface area contributed by atoms with Crippen molar-refractivity contribution in [2.24, 2.45) is 0 Å². The van der Waals surface area contributed by atoms with Gasteiger partial charge in [-0.2, -0.15) is 11.8 Å². The number of carboxylic acids is 1. The second kappa shape index (κ2) is 5.66. The first-order valence-electron chi connectivity index (χ1n) is 4.54. The average molecular weight is 226 g/mol. The standard InChI is InChI=1S/C11H14O3S/c1-14-9-5-3-4-8(6-9)10(7-15-2)11(12)13/h3-6,10H,7H2,1-2H3,(H,12,13). The first-order chi connectivity index (χ1) is 7.19. The zero-order chi connectivity index (χ0) is 11.3. The molecular weight excluding hydrogens is 212 g/mol. The van der Waals surface area contributed by atoms with Gasteiger partial charge in [-0.3, -0.25) is 4.79 Å². The predicted octanol–water partition coefficient (Wildman–Crippen LogP) is 2.23. The molecule has 0 radical (unpaired) electrons. The van der Waals surface area contributed by atoms with E-state index in [1.165, 1.54) is 11.8 Å². The van der Waals surface area contributed by atoms with Crippen molar-refractivity contribution in [1.82, 2.24) is 0 Å². The van der Waals surface area contributed by atoms with Gasteiger partial charge < -0.3 is 9.84 Å². The molecule has 15 heavy (non-hydrogen) atoms. The van der Waals surface area contributed by atoms with Crippen LogP contribution in [0.2, 0.25) is 0 Å². The van der Waals surface area contributed by atoms with E-state index in [0.717, 1.165) is 5.56 Å². The zero-order valence-corrected chi connectivity index (χ0v) is 9.58. The van der Waals surface area contributed by atoms with Crippen molar-refractivity contribution in [3.63, 3.8) is 0 Å². The molecule has 1 aromatic rings. The molecule has 0 aliphatic carbocycles. The van der Waals surface area contributed by atoms with Crippen LogP contribution in [0.5, 0.6) is 5.75 Å². The molecular formula is C11H14O3S. The molecule has 82 valence electrons. The summed E-state index contributed by atoms with van der Waals surface area (Å²) in [4.78, 5) is 11.0. The molecule has 0 spiro atoms. The number of methoxy groups -OCH3 is 1. The summed E-state index contributed by atoms with van der Waals surface area (Å²) in [6.07, 6.45) is 1.90. The number of hydrogen-bond donors (Lipinski definition) is 1. The lowest BCUT2D eigenvalue weighted by Crippen LogP contribution is -2.14. The van der Waals surface area contributed by atoms with Crippen LogP contribution in [-0.4, -0.2) is 30.2 Å². The maximum Gasteiger partial charge on any atom is 0.311 e. The van der Waals surface area contributed by atoms with Crippen LogP contribution < -0.4 is 4.74 Å². The Morgan fingerprint density at radius 1 is 1.60 bits per heavy atom. The lowest BCUT2D eigenvalue weighted by Gasteiger charge is -2.12. The molecule has 0 amide bonds. The fourth-order valence-corrected chi connectivity index (χ4v) is 2.00. The van der Waals surface area contributed by atoms with E-state index in [4.69, 9.17) is 9.84 Å². The summed E-state index contributed by atoms with van der Waals surface area (Å²) in [7, 11) is 1.57. The Morgan fingerprint density at radius 2 is 2.33 bits per heavy atom.